The molecule has 0 nitrogen and oxygen atoms in total. The Hall–Kier alpha value is -0.781. The van der Waals surface area contributed by atoms with Gasteiger partial charge < -0.3 is 30.3 Å². The molecule has 0 aromatic heterocycles. The molecule has 0 atom stereocenters. The average molecular weight is 268 g/mol. The summed E-state index contributed by atoms with van der Waals surface area (Å²) in [6.07, 6.45) is 7.18. The molecule has 0 N–H and O–H groups in total. The largest absolute Gasteiger partial charge is 0.748 e. The summed E-state index contributed by atoms with van der Waals surface area (Å²) in [5, 5.41) is 0. The van der Waals surface area contributed by atoms with E-state index < -0.39 is 0 Å². The van der Waals surface area contributed by atoms with Crippen LogP contribution in [0.25, 0.3) is 0 Å². The monoisotopic (exact) mass is 268 g/mol. The Labute approximate surface area is 115 Å². The second kappa shape index (κ2) is 8.33. The zero-order chi connectivity index (χ0) is 11.1. The third-order valence-electron chi connectivity index (χ3n) is 3.32. The van der Waals surface area contributed by atoms with Crippen LogP contribution in [0.5, 0.6) is 0 Å². The minimum Gasteiger partial charge on any atom is -0.748 e. The average Bonchev–Trinajstić information content (AvgIpc) is 3.07. The second-order valence-electron chi connectivity index (χ2n) is 4.52. The summed E-state index contributed by atoms with van der Waals surface area (Å²) in [6, 6.07) is 18.9. The van der Waals surface area contributed by atoms with Gasteiger partial charge in [0.25, 0.3) is 0 Å². The molecule has 0 saturated heterocycles. The van der Waals surface area contributed by atoms with Crippen LogP contribution in [0.15, 0.2) is 54.6 Å². The third kappa shape index (κ3) is 4.93. The Morgan fingerprint density at radius 3 is 1.71 bits per heavy atom. The first-order valence-electron chi connectivity index (χ1n) is 6.35. The van der Waals surface area contributed by atoms with Crippen molar-refractivity contribution < 1.29 is 17.1 Å². The summed E-state index contributed by atoms with van der Waals surface area (Å²) in [6.45, 7) is 0. The summed E-state index contributed by atoms with van der Waals surface area (Å²) >= 11 is 0. The van der Waals surface area contributed by atoms with E-state index in [-0.39, 0.29) is 17.1 Å². The van der Waals surface area contributed by atoms with Gasteiger partial charge in [-0.05, 0) is 0 Å². The topological polar surface area (TPSA) is 0 Å². The summed E-state index contributed by atoms with van der Waals surface area (Å²) in [7, 11) is 0. The molecule has 1 heteroatoms. The van der Waals surface area contributed by atoms with Crippen molar-refractivity contribution in [1.82, 2.24) is 0 Å². The molecule has 1 aliphatic carbocycles. The molecule has 0 radical (unpaired) electrons. The molecule has 0 heterocycles. The summed E-state index contributed by atoms with van der Waals surface area (Å²) < 4.78 is 0. The van der Waals surface area contributed by atoms with Crippen molar-refractivity contribution in [2.45, 2.75) is 38.0 Å². The molecule has 0 bridgehead atoms. The predicted octanol–water partition coefficient (Wildman–Crippen LogP) is 4.86. The fraction of sp³-hybridized carbons (Fsp3) is 0.375. The van der Waals surface area contributed by atoms with Crippen molar-refractivity contribution in [2.24, 2.45) is 0 Å². The van der Waals surface area contributed by atoms with Gasteiger partial charge in [-0.3, -0.25) is 0 Å². The van der Waals surface area contributed by atoms with E-state index in [1.54, 1.807) is 5.56 Å². The van der Waals surface area contributed by atoms with Gasteiger partial charge >= 0.3 is 0 Å². The Kier molecular flexibility index (Phi) is 7.00. The molecule has 2 aromatic carbocycles. The molecule has 17 heavy (non-hydrogen) atoms. The van der Waals surface area contributed by atoms with E-state index in [0.29, 0.717) is 0 Å². The first-order valence-corrected chi connectivity index (χ1v) is 6.35. The van der Waals surface area contributed by atoms with Crippen LogP contribution in [0.4, 0.5) is 0 Å². The Morgan fingerprint density at radius 2 is 1.24 bits per heavy atom. The number of rotatable bonds is 1. The normalized spacial score (nSPS) is 15.5. The van der Waals surface area contributed by atoms with Crippen LogP contribution >= 0.6 is 0 Å². The minimum atomic E-state index is 0. The standard InChI is InChI=1S/C11H15.C5H5.Fe/c1-2-6-10(7-3-1)11-8-4-5-9-11;1-2-4-5-3-1;/h4-5,8-10H,1-3,6-7H2;1-5H;/q-1;-5;. The second-order valence-corrected chi connectivity index (χ2v) is 4.52. The Bertz CT molecular complexity index is 322. The SMILES string of the molecule is [Fe].[cH-]1[cH-][cH-][cH-][cH-]1.c1cc[c-](C2CCCCC2)c1. The maximum Gasteiger partial charge on any atom is 0 e. The molecule has 2 aromatic rings. The van der Waals surface area contributed by atoms with Gasteiger partial charge in [-0.1, -0.05) is 38.0 Å². The minimum absolute atomic E-state index is 0. The molecule has 0 spiro atoms. The van der Waals surface area contributed by atoms with Crippen LogP contribution in [-0.2, 0) is 17.1 Å². The van der Waals surface area contributed by atoms with Crippen LogP contribution in [-0.4, -0.2) is 0 Å². The summed E-state index contributed by atoms with van der Waals surface area (Å²) in [5.74, 6) is 0.888. The fourth-order valence-electron chi connectivity index (χ4n) is 2.42. The molecule has 0 amide bonds. The van der Waals surface area contributed by atoms with E-state index in [1.807, 2.05) is 30.3 Å². The van der Waals surface area contributed by atoms with Gasteiger partial charge in [0.1, 0.15) is 0 Å². The van der Waals surface area contributed by atoms with Crippen molar-refractivity contribution in [3.63, 3.8) is 0 Å². The third-order valence-corrected chi connectivity index (χ3v) is 3.32. The maximum atomic E-state index is 2.27. The molecule has 1 saturated carbocycles. The molecule has 1 aliphatic rings. The summed E-state index contributed by atoms with van der Waals surface area (Å²) in [5.41, 5.74) is 1.57. The van der Waals surface area contributed by atoms with Gasteiger partial charge in [-0.25, -0.2) is 12.1 Å². The first-order chi connectivity index (χ1) is 7.97. The first kappa shape index (κ1) is 14.3. The zero-order valence-corrected chi connectivity index (χ0v) is 11.3. The van der Waals surface area contributed by atoms with Crippen LogP contribution in [0, 0.1) is 0 Å². The van der Waals surface area contributed by atoms with Gasteiger partial charge in [0.15, 0.2) is 0 Å². The van der Waals surface area contributed by atoms with Gasteiger partial charge in [-0.15, -0.1) is 0 Å². The van der Waals surface area contributed by atoms with E-state index in [1.165, 1.54) is 32.1 Å². The van der Waals surface area contributed by atoms with E-state index in [2.05, 4.69) is 24.3 Å². The smallest absolute Gasteiger partial charge is 0 e. The van der Waals surface area contributed by atoms with E-state index in [9.17, 15) is 0 Å². The molecular formula is C16H20Fe-6. The van der Waals surface area contributed by atoms with Crippen LogP contribution < -0.4 is 0 Å². The van der Waals surface area contributed by atoms with Gasteiger partial charge in [0.2, 0.25) is 0 Å². The number of hydrogen-bond acceptors (Lipinski definition) is 0. The quantitative estimate of drug-likeness (QED) is 0.512. The summed E-state index contributed by atoms with van der Waals surface area (Å²) in [4.78, 5) is 0. The van der Waals surface area contributed by atoms with Gasteiger partial charge in [0, 0.05) is 17.1 Å². The van der Waals surface area contributed by atoms with E-state index >= 15 is 0 Å². The van der Waals surface area contributed by atoms with Crippen molar-refractivity contribution in [1.29, 1.82) is 0 Å². The predicted molar refractivity (Wildman–Crippen MR) is 69.9 cm³/mol. The molecule has 98 valence electrons. The van der Waals surface area contributed by atoms with E-state index in [0.717, 1.165) is 5.92 Å². The maximum absolute atomic E-state index is 2.27. The van der Waals surface area contributed by atoms with Crippen molar-refractivity contribution in [3.05, 3.63) is 60.2 Å². The van der Waals surface area contributed by atoms with Crippen LogP contribution in [0.3, 0.4) is 0 Å². The molecular weight excluding hydrogens is 248 g/mol. The fourth-order valence-corrected chi connectivity index (χ4v) is 2.42. The van der Waals surface area contributed by atoms with Crippen molar-refractivity contribution in [2.75, 3.05) is 0 Å². The van der Waals surface area contributed by atoms with Crippen LogP contribution in [0.2, 0.25) is 0 Å². The Morgan fingerprint density at radius 1 is 0.765 bits per heavy atom. The van der Waals surface area contributed by atoms with Crippen molar-refractivity contribution in [3.8, 4) is 0 Å². The van der Waals surface area contributed by atoms with Gasteiger partial charge in [0.05, 0.1) is 0 Å². The molecule has 1 fully saturated rings. The molecule has 3 rings (SSSR count). The number of hydrogen-bond donors (Lipinski definition) is 0. The van der Waals surface area contributed by atoms with E-state index in [4.69, 9.17) is 0 Å². The molecule has 0 unspecified atom stereocenters. The zero-order valence-electron chi connectivity index (χ0n) is 10.2. The molecule has 0 aliphatic heterocycles. The van der Waals surface area contributed by atoms with Gasteiger partial charge in [-0.2, -0.15) is 17.7 Å². The van der Waals surface area contributed by atoms with Crippen LogP contribution in [0.1, 0.15) is 43.6 Å². The van der Waals surface area contributed by atoms with Crippen molar-refractivity contribution >= 4 is 0 Å². The Balaban J connectivity index is 0.000000205.